The average molecular weight is 305 g/mol. The molecule has 2 rings (SSSR count). The van der Waals surface area contributed by atoms with Gasteiger partial charge in [-0.25, -0.2) is 0 Å². The number of methoxy groups -OCH3 is 1. The number of hydrogen-bond donors (Lipinski definition) is 1. The van der Waals surface area contributed by atoms with Gasteiger partial charge >= 0.3 is 0 Å². The summed E-state index contributed by atoms with van der Waals surface area (Å²) in [5.74, 6) is 0.870. The van der Waals surface area contributed by atoms with Gasteiger partial charge in [0.25, 0.3) is 0 Å². The number of rotatable bonds is 8. The van der Waals surface area contributed by atoms with Crippen molar-refractivity contribution in [3.8, 4) is 5.75 Å². The zero-order valence-electron chi connectivity index (χ0n) is 12.9. The van der Waals surface area contributed by atoms with E-state index >= 15 is 0 Å². The van der Waals surface area contributed by atoms with Crippen LogP contribution in [0.5, 0.6) is 5.75 Å². The predicted octanol–water partition coefficient (Wildman–Crippen LogP) is 3.97. The van der Waals surface area contributed by atoms with E-state index in [-0.39, 0.29) is 0 Å². The Kier molecular flexibility index (Phi) is 6.23. The van der Waals surface area contributed by atoms with Crippen molar-refractivity contribution in [2.75, 3.05) is 7.11 Å². The van der Waals surface area contributed by atoms with Gasteiger partial charge in [-0.1, -0.05) is 26.0 Å². The van der Waals surface area contributed by atoms with Gasteiger partial charge in [-0.05, 0) is 29.8 Å². The highest BCUT2D eigenvalue weighted by atomic mass is 32.1. The summed E-state index contributed by atoms with van der Waals surface area (Å²) in [5, 5.41) is 3.43. The third kappa shape index (κ3) is 5.50. The quantitative estimate of drug-likeness (QED) is 0.800. The van der Waals surface area contributed by atoms with E-state index < -0.39 is 0 Å². The third-order valence-electron chi connectivity index (χ3n) is 3.05. The van der Waals surface area contributed by atoms with Crippen molar-refractivity contribution in [3.05, 3.63) is 51.7 Å². The second-order valence-electron chi connectivity index (χ2n) is 5.25. The highest BCUT2D eigenvalue weighted by molar-refractivity contribution is 7.11. The Bertz CT molecular complexity index is 551. The van der Waals surface area contributed by atoms with Crippen LogP contribution in [0.1, 0.15) is 29.2 Å². The van der Waals surface area contributed by atoms with Crippen molar-refractivity contribution in [1.82, 2.24) is 5.32 Å². The highest BCUT2D eigenvalue weighted by Crippen LogP contribution is 2.19. The molecule has 0 atom stereocenters. The predicted molar refractivity (Wildman–Crippen MR) is 87.8 cm³/mol. The largest absolute Gasteiger partial charge is 0.497 e. The second-order valence-corrected chi connectivity index (χ2v) is 6.50. The topological polar surface area (TPSA) is 30.5 Å². The summed E-state index contributed by atoms with van der Waals surface area (Å²) in [4.78, 5) is 2.61. The number of thiophene rings is 1. The van der Waals surface area contributed by atoms with E-state index in [1.54, 1.807) is 18.4 Å². The summed E-state index contributed by atoms with van der Waals surface area (Å²) in [6, 6.07) is 12.8. The molecule has 0 saturated heterocycles. The Balaban J connectivity index is 1.77. The van der Waals surface area contributed by atoms with Crippen molar-refractivity contribution in [1.29, 1.82) is 0 Å². The summed E-state index contributed by atoms with van der Waals surface area (Å²) < 4.78 is 11.0. The highest BCUT2D eigenvalue weighted by Gasteiger charge is 2.02. The normalized spacial score (nSPS) is 11.0. The molecule has 0 amide bonds. The molecule has 1 aromatic carbocycles. The molecule has 0 unspecified atom stereocenters. The standard InChI is InChI=1S/C17H23NO2S/c1-13(2)18-10-16-7-8-17(21-16)12-20-11-14-5-4-6-15(9-14)19-3/h4-9,13,18H,10-12H2,1-3H3. The van der Waals surface area contributed by atoms with Crippen molar-refractivity contribution in [2.24, 2.45) is 0 Å². The molecule has 114 valence electrons. The molecule has 2 aromatic rings. The molecule has 0 radical (unpaired) electrons. The molecule has 1 heterocycles. The zero-order valence-corrected chi connectivity index (χ0v) is 13.7. The van der Waals surface area contributed by atoms with E-state index in [0.29, 0.717) is 19.3 Å². The van der Waals surface area contributed by atoms with Gasteiger partial charge in [0, 0.05) is 22.3 Å². The van der Waals surface area contributed by atoms with Crippen LogP contribution in [0.3, 0.4) is 0 Å². The van der Waals surface area contributed by atoms with E-state index in [1.165, 1.54) is 9.75 Å². The Morgan fingerprint density at radius 2 is 1.90 bits per heavy atom. The van der Waals surface area contributed by atoms with Crippen LogP contribution >= 0.6 is 11.3 Å². The van der Waals surface area contributed by atoms with E-state index in [1.807, 2.05) is 18.2 Å². The van der Waals surface area contributed by atoms with Gasteiger partial charge in [-0.3, -0.25) is 0 Å². The Morgan fingerprint density at radius 1 is 1.10 bits per heavy atom. The van der Waals surface area contributed by atoms with E-state index in [4.69, 9.17) is 9.47 Å². The first-order valence-corrected chi connectivity index (χ1v) is 8.00. The minimum atomic E-state index is 0.514. The van der Waals surface area contributed by atoms with Crippen LogP contribution in [0.15, 0.2) is 36.4 Å². The number of benzene rings is 1. The average Bonchev–Trinajstić information content (AvgIpc) is 2.93. The van der Waals surface area contributed by atoms with Crippen LogP contribution in [0.2, 0.25) is 0 Å². The minimum Gasteiger partial charge on any atom is -0.497 e. The fraction of sp³-hybridized carbons (Fsp3) is 0.412. The molecule has 0 aliphatic carbocycles. The first-order valence-electron chi connectivity index (χ1n) is 7.19. The molecule has 1 aromatic heterocycles. The van der Waals surface area contributed by atoms with Crippen molar-refractivity contribution < 1.29 is 9.47 Å². The summed E-state index contributed by atoms with van der Waals surface area (Å²) in [6.07, 6.45) is 0. The molecular weight excluding hydrogens is 282 g/mol. The smallest absolute Gasteiger partial charge is 0.119 e. The lowest BCUT2D eigenvalue weighted by Gasteiger charge is -2.06. The van der Waals surface area contributed by atoms with Crippen molar-refractivity contribution in [2.45, 2.75) is 39.6 Å². The SMILES string of the molecule is COc1cccc(COCc2ccc(CNC(C)C)s2)c1. The summed E-state index contributed by atoms with van der Waals surface area (Å²) in [5.41, 5.74) is 1.13. The Morgan fingerprint density at radius 3 is 2.67 bits per heavy atom. The maximum atomic E-state index is 5.78. The van der Waals surface area contributed by atoms with Gasteiger partial charge in [0.15, 0.2) is 0 Å². The molecule has 0 bridgehead atoms. The molecule has 3 nitrogen and oxygen atoms in total. The first-order chi connectivity index (χ1) is 10.2. The van der Waals surface area contributed by atoms with Gasteiger partial charge < -0.3 is 14.8 Å². The lowest BCUT2D eigenvalue weighted by atomic mass is 10.2. The summed E-state index contributed by atoms with van der Waals surface area (Å²) >= 11 is 1.81. The number of nitrogens with one attached hydrogen (secondary N) is 1. The molecule has 4 heteroatoms. The lowest BCUT2D eigenvalue weighted by molar-refractivity contribution is 0.109. The van der Waals surface area contributed by atoms with Crippen LogP contribution in [0.4, 0.5) is 0 Å². The number of hydrogen-bond acceptors (Lipinski definition) is 4. The van der Waals surface area contributed by atoms with Gasteiger partial charge in [0.2, 0.25) is 0 Å². The van der Waals surface area contributed by atoms with Crippen molar-refractivity contribution in [3.63, 3.8) is 0 Å². The molecule has 0 fully saturated rings. The summed E-state index contributed by atoms with van der Waals surface area (Å²) in [6.45, 7) is 6.51. The van der Waals surface area contributed by atoms with Crippen LogP contribution in [-0.4, -0.2) is 13.2 Å². The molecule has 0 spiro atoms. The molecule has 0 aliphatic heterocycles. The maximum absolute atomic E-state index is 5.78. The molecule has 1 N–H and O–H groups in total. The fourth-order valence-corrected chi connectivity index (χ4v) is 2.84. The lowest BCUT2D eigenvalue weighted by Crippen LogP contribution is -2.21. The summed E-state index contributed by atoms with van der Waals surface area (Å²) in [7, 11) is 1.68. The number of ether oxygens (including phenoxy) is 2. The molecule has 0 saturated carbocycles. The fourth-order valence-electron chi connectivity index (χ4n) is 1.93. The van der Waals surface area contributed by atoms with Gasteiger partial charge in [-0.15, -0.1) is 11.3 Å². The van der Waals surface area contributed by atoms with Crippen LogP contribution in [0, 0.1) is 0 Å². The zero-order chi connectivity index (χ0) is 15.1. The van der Waals surface area contributed by atoms with Crippen LogP contribution in [-0.2, 0) is 24.5 Å². The van der Waals surface area contributed by atoms with Gasteiger partial charge in [0.1, 0.15) is 5.75 Å². The maximum Gasteiger partial charge on any atom is 0.119 e. The van der Waals surface area contributed by atoms with E-state index in [9.17, 15) is 0 Å². The first kappa shape index (κ1) is 16.0. The monoisotopic (exact) mass is 305 g/mol. The van der Waals surface area contributed by atoms with E-state index in [0.717, 1.165) is 17.9 Å². The molecule has 21 heavy (non-hydrogen) atoms. The van der Waals surface area contributed by atoms with E-state index in [2.05, 4.69) is 37.4 Å². The minimum absolute atomic E-state index is 0.514. The molecule has 0 aliphatic rings. The second kappa shape index (κ2) is 8.17. The van der Waals surface area contributed by atoms with Crippen LogP contribution in [0.25, 0.3) is 0 Å². The molecular formula is C17H23NO2S. The van der Waals surface area contributed by atoms with Crippen LogP contribution < -0.4 is 10.1 Å². The van der Waals surface area contributed by atoms with Gasteiger partial charge in [0.05, 0.1) is 20.3 Å². The Labute approximate surface area is 130 Å². The third-order valence-corrected chi connectivity index (χ3v) is 4.11. The Hall–Kier alpha value is -1.36. The van der Waals surface area contributed by atoms with Crippen molar-refractivity contribution >= 4 is 11.3 Å². The van der Waals surface area contributed by atoms with Gasteiger partial charge in [-0.2, -0.15) is 0 Å².